The predicted octanol–water partition coefficient (Wildman–Crippen LogP) is 2.51. The van der Waals surface area contributed by atoms with Crippen LogP contribution in [0, 0.1) is 12.8 Å². The minimum atomic E-state index is -0.101. The van der Waals surface area contributed by atoms with Gasteiger partial charge in [0.2, 0.25) is 11.8 Å². The second kappa shape index (κ2) is 8.29. The number of anilines is 1. The third kappa shape index (κ3) is 5.96. The quantitative estimate of drug-likeness (QED) is 0.796. The van der Waals surface area contributed by atoms with Crippen molar-refractivity contribution in [3.8, 4) is 0 Å². The van der Waals surface area contributed by atoms with Crippen molar-refractivity contribution in [2.45, 2.75) is 39.7 Å². The Morgan fingerprint density at radius 1 is 1.17 bits per heavy atom. The fourth-order valence-corrected chi connectivity index (χ4v) is 2.69. The Morgan fingerprint density at radius 2 is 1.79 bits per heavy atom. The first kappa shape index (κ1) is 18.5. The van der Waals surface area contributed by atoms with E-state index in [0.717, 1.165) is 30.6 Å². The molecule has 0 atom stereocenters. The Balaban J connectivity index is 1.80. The highest BCUT2D eigenvalue weighted by Gasteiger charge is 2.33. The molecule has 2 amide bonds. The lowest BCUT2D eigenvalue weighted by Crippen LogP contribution is -2.43. The predicted molar refractivity (Wildman–Crippen MR) is 96.9 cm³/mol. The fraction of sp³-hybridized carbons (Fsp3) is 0.579. The zero-order valence-corrected chi connectivity index (χ0v) is 15.2. The average Bonchev–Trinajstić information content (AvgIpc) is 3.31. The van der Waals surface area contributed by atoms with Gasteiger partial charge in [0.1, 0.15) is 0 Å². The van der Waals surface area contributed by atoms with Crippen LogP contribution in [0.5, 0.6) is 0 Å². The summed E-state index contributed by atoms with van der Waals surface area (Å²) in [5.74, 6) is 0.484. The van der Waals surface area contributed by atoms with Crippen molar-refractivity contribution >= 4 is 17.5 Å². The number of likely N-dealkylation sites (N-methyl/N-ethyl adjacent to an activating group) is 1. The van der Waals surface area contributed by atoms with E-state index in [0.29, 0.717) is 12.0 Å². The molecule has 1 aromatic carbocycles. The molecule has 2 rings (SSSR count). The Labute approximate surface area is 145 Å². The monoisotopic (exact) mass is 331 g/mol. The highest BCUT2D eigenvalue weighted by molar-refractivity contribution is 5.92. The smallest absolute Gasteiger partial charge is 0.238 e. The molecule has 0 heterocycles. The van der Waals surface area contributed by atoms with Crippen molar-refractivity contribution in [2.75, 3.05) is 32.0 Å². The van der Waals surface area contributed by atoms with Gasteiger partial charge in [-0.2, -0.15) is 0 Å². The zero-order valence-electron chi connectivity index (χ0n) is 15.2. The molecule has 1 N–H and O–H groups in total. The molecule has 0 radical (unpaired) electrons. The summed E-state index contributed by atoms with van der Waals surface area (Å²) in [6.45, 7) is 7.55. The Bertz CT molecular complexity index is 564. The van der Waals surface area contributed by atoms with E-state index in [1.54, 1.807) is 4.90 Å². The Morgan fingerprint density at radius 3 is 2.33 bits per heavy atom. The topological polar surface area (TPSA) is 52.7 Å². The number of hydrogen-bond acceptors (Lipinski definition) is 3. The molecule has 0 spiro atoms. The maximum atomic E-state index is 12.5. The molecule has 132 valence electrons. The number of carbonyl (C=O) groups excluding carboxylic acids is 2. The Kier molecular flexibility index (Phi) is 6.37. The van der Waals surface area contributed by atoms with Gasteiger partial charge in [-0.05, 0) is 44.9 Å². The van der Waals surface area contributed by atoms with Crippen LogP contribution in [0.15, 0.2) is 24.3 Å². The number of rotatable bonds is 8. The molecule has 0 bridgehead atoms. The fourth-order valence-electron chi connectivity index (χ4n) is 2.69. The van der Waals surface area contributed by atoms with Crippen LogP contribution in [0.1, 0.15) is 32.3 Å². The molecule has 24 heavy (non-hydrogen) atoms. The van der Waals surface area contributed by atoms with Crippen LogP contribution in [0.4, 0.5) is 5.69 Å². The third-order valence-corrected chi connectivity index (χ3v) is 4.02. The van der Waals surface area contributed by atoms with Gasteiger partial charge in [-0.3, -0.25) is 14.5 Å². The summed E-state index contributed by atoms with van der Waals surface area (Å²) in [4.78, 5) is 28.4. The average molecular weight is 331 g/mol. The number of amides is 2. The summed E-state index contributed by atoms with van der Waals surface area (Å²) in [6.07, 6.45) is 2.21. The van der Waals surface area contributed by atoms with Crippen molar-refractivity contribution in [3.63, 3.8) is 0 Å². The van der Waals surface area contributed by atoms with E-state index in [-0.39, 0.29) is 24.9 Å². The minimum Gasteiger partial charge on any atom is -0.338 e. The number of benzene rings is 1. The van der Waals surface area contributed by atoms with Crippen LogP contribution in [0.25, 0.3) is 0 Å². The summed E-state index contributed by atoms with van der Waals surface area (Å²) < 4.78 is 0. The lowest BCUT2D eigenvalue weighted by molar-refractivity contribution is -0.133. The molecule has 1 fully saturated rings. The lowest BCUT2D eigenvalue weighted by atomic mass is 10.2. The maximum absolute atomic E-state index is 12.5. The third-order valence-electron chi connectivity index (χ3n) is 4.02. The second-order valence-corrected chi connectivity index (χ2v) is 7.26. The summed E-state index contributed by atoms with van der Waals surface area (Å²) >= 11 is 0. The molecule has 0 unspecified atom stereocenters. The van der Waals surface area contributed by atoms with E-state index in [1.807, 2.05) is 43.1 Å². The molecule has 1 aliphatic rings. The molecule has 1 aliphatic carbocycles. The van der Waals surface area contributed by atoms with Gasteiger partial charge in [0.25, 0.3) is 0 Å². The van der Waals surface area contributed by atoms with E-state index >= 15 is 0 Å². The van der Waals surface area contributed by atoms with Gasteiger partial charge in [-0.25, -0.2) is 0 Å². The van der Waals surface area contributed by atoms with Crippen LogP contribution in [-0.2, 0) is 9.59 Å². The minimum absolute atomic E-state index is 0.101. The Hall–Kier alpha value is -1.88. The van der Waals surface area contributed by atoms with Gasteiger partial charge in [0.15, 0.2) is 0 Å². The standard InChI is InChI=1S/C19H29N3O2/c1-14(2)11-22(17-9-10-17)19(24)13-21(4)12-18(23)20-16-7-5-15(3)6-8-16/h5-8,14,17H,9-13H2,1-4H3,(H,20,23). The van der Waals surface area contributed by atoms with Crippen LogP contribution in [0.2, 0.25) is 0 Å². The maximum Gasteiger partial charge on any atom is 0.238 e. The van der Waals surface area contributed by atoms with Gasteiger partial charge in [0.05, 0.1) is 13.1 Å². The molecular formula is C19H29N3O2. The zero-order chi connectivity index (χ0) is 17.7. The van der Waals surface area contributed by atoms with Crippen molar-refractivity contribution in [2.24, 2.45) is 5.92 Å². The molecule has 0 aromatic heterocycles. The molecule has 0 saturated heterocycles. The molecule has 1 aromatic rings. The van der Waals surface area contributed by atoms with Crippen molar-refractivity contribution in [3.05, 3.63) is 29.8 Å². The van der Waals surface area contributed by atoms with E-state index in [2.05, 4.69) is 19.2 Å². The first-order valence-corrected chi connectivity index (χ1v) is 8.69. The number of nitrogens with one attached hydrogen (secondary N) is 1. The van der Waals surface area contributed by atoms with Crippen LogP contribution >= 0.6 is 0 Å². The van der Waals surface area contributed by atoms with Gasteiger partial charge in [-0.1, -0.05) is 31.5 Å². The van der Waals surface area contributed by atoms with Gasteiger partial charge < -0.3 is 10.2 Å². The molecule has 0 aliphatic heterocycles. The van der Waals surface area contributed by atoms with E-state index in [4.69, 9.17) is 0 Å². The number of aryl methyl sites for hydroxylation is 1. The second-order valence-electron chi connectivity index (χ2n) is 7.26. The lowest BCUT2D eigenvalue weighted by Gasteiger charge is -2.26. The van der Waals surface area contributed by atoms with Crippen LogP contribution in [0.3, 0.4) is 0 Å². The van der Waals surface area contributed by atoms with Crippen molar-refractivity contribution in [1.29, 1.82) is 0 Å². The molecule has 5 nitrogen and oxygen atoms in total. The van der Waals surface area contributed by atoms with Crippen LogP contribution < -0.4 is 5.32 Å². The summed E-state index contributed by atoms with van der Waals surface area (Å²) in [7, 11) is 1.81. The first-order chi connectivity index (χ1) is 11.3. The highest BCUT2D eigenvalue weighted by atomic mass is 16.2. The van der Waals surface area contributed by atoms with Gasteiger partial charge >= 0.3 is 0 Å². The van der Waals surface area contributed by atoms with Crippen molar-refractivity contribution in [1.82, 2.24) is 9.80 Å². The summed E-state index contributed by atoms with van der Waals surface area (Å²) in [6, 6.07) is 8.10. The van der Waals surface area contributed by atoms with Gasteiger partial charge in [-0.15, -0.1) is 0 Å². The molecular weight excluding hydrogens is 302 g/mol. The highest BCUT2D eigenvalue weighted by Crippen LogP contribution is 2.27. The number of carbonyl (C=O) groups is 2. The summed E-state index contributed by atoms with van der Waals surface area (Å²) in [5, 5.41) is 2.86. The van der Waals surface area contributed by atoms with Crippen molar-refractivity contribution < 1.29 is 9.59 Å². The normalized spacial score (nSPS) is 14.1. The number of nitrogens with zero attached hydrogens (tertiary/aromatic N) is 2. The van der Waals surface area contributed by atoms with E-state index in [1.165, 1.54) is 0 Å². The van der Waals surface area contributed by atoms with Crippen LogP contribution in [-0.4, -0.2) is 54.3 Å². The van der Waals surface area contributed by atoms with E-state index in [9.17, 15) is 9.59 Å². The molecule has 5 heteroatoms. The molecule has 1 saturated carbocycles. The number of hydrogen-bond donors (Lipinski definition) is 1. The first-order valence-electron chi connectivity index (χ1n) is 8.69. The van der Waals surface area contributed by atoms with E-state index < -0.39 is 0 Å². The largest absolute Gasteiger partial charge is 0.338 e. The SMILES string of the molecule is Cc1ccc(NC(=O)CN(C)CC(=O)N(CC(C)C)C2CC2)cc1. The van der Waals surface area contributed by atoms with Gasteiger partial charge in [0, 0.05) is 18.3 Å². The summed E-state index contributed by atoms with van der Waals surface area (Å²) in [5.41, 5.74) is 1.94.